The first-order chi connectivity index (χ1) is 7.43. The number of hydrogen-bond acceptors (Lipinski definition) is 5. The zero-order chi connectivity index (χ0) is 12.6. The van der Waals surface area contributed by atoms with Gasteiger partial charge in [-0.15, -0.1) is 0 Å². The molecule has 1 aliphatic rings. The van der Waals surface area contributed by atoms with Crippen molar-refractivity contribution in [1.82, 2.24) is 5.32 Å². The zero-order valence-corrected chi connectivity index (χ0v) is 8.51. The molecule has 0 unspecified atom stereocenters. The second-order valence-corrected chi connectivity index (χ2v) is 2.94. The maximum absolute atomic E-state index is 9.99. The maximum Gasteiger partial charge on any atom is 0.407 e. The lowest BCUT2D eigenvalue weighted by molar-refractivity contribution is -0.139. The lowest BCUT2D eigenvalue weighted by Crippen LogP contribution is -2.30. The molecule has 0 spiro atoms. The van der Waals surface area contributed by atoms with Gasteiger partial charge < -0.3 is 26.0 Å². The van der Waals surface area contributed by atoms with Crippen LogP contribution in [0.1, 0.15) is 12.8 Å². The number of carbonyl (C=O) groups excluding carboxylic acids is 1. The second kappa shape index (κ2) is 7.46. The maximum atomic E-state index is 9.99. The first-order valence-electron chi connectivity index (χ1n) is 4.54. The van der Waals surface area contributed by atoms with Gasteiger partial charge in [-0.1, -0.05) is 0 Å². The van der Waals surface area contributed by atoms with Crippen LogP contribution in [0.3, 0.4) is 0 Å². The summed E-state index contributed by atoms with van der Waals surface area (Å²) < 4.78 is 4.40. The molecule has 92 valence electrons. The Morgan fingerprint density at radius 2 is 2.12 bits per heavy atom. The fourth-order valence-corrected chi connectivity index (χ4v) is 0.750. The summed E-state index contributed by atoms with van der Waals surface area (Å²) in [4.78, 5) is 29.8. The van der Waals surface area contributed by atoms with Crippen LogP contribution in [0, 0.1) is 0 Å². The number of hydrogen-bond donors (Lipinski definition) is 4. The predicted octanol–water partition coefficient (Wildman–Crippen LogP) is -1.01. The van der Waals surface area contributed by atoms with E-state index in [0.29, 0.717) is 13.2 Å². The van der Waals surface area contributed by atoms with E-state index in [-0.39, 0.29) is 18.9 Å². The third-order valence-electron chi connectivity index (χ3n) is 1.59. The van der Waals surface area contributed by atoms with Crippen molar-refractivity contribution in [3.8, 4) is 0 Å². The molecule has 0 saturated carbocycles. The van der Waals surface area contributed by atoms with Crippen molar-refractivity contribution < 1.29 is 29.3 Å². The summed E-state index contributed by atoms with van der Waals surface area (Å²) in [6.07, 6.45) is -0.520. The predicted molar refractivity (Wildman–Crippen MR) is 51.8 cm³/mol. The number of rotatable bonds is 4. The van der Waals surface area contributed by atoms with Crippen molar-refractivity contribution >= 4 is 18.0 Å². The van der Waals surface area contributed by atoms with E-state index < -0.39 is 18.0 Å². The summed E-state index contributed by atoms with van der Waals surface area (Å²) in [6, 6.07) is -1.06. The Balaban J connectivity index is 0.000000315. The van der Waals surface area contributed by atoms with Crippen molar-refractivity contribution in [2.24, 2.45) is 5.73 Å². The van der Waals surface area contributed by atoms with Gasteiger partial charge in [0.15, 0.2) is 0 Å². The standard InChI is InChI=1S/C5H9NO4.C3H5NO2/c6-3(5(9)10)1-2-4(7)8;5-3-4-1-2-6-3/h3H,1-2,6H2,(H,7,8)(H,9,10);1-2H2,(H,4,5)/t3-;/m0./s1. The van der Waals surface area contributed by atoms with Gasteiger partial charge in [-0.3, -0.25) is 9.59 Å². The van der Waals surface area contributed by atoms with E-state index >= 15 is 0 Å². The van der Waals surface area contributed by atoms with Gasteiger partial charge in [0.25, 0.3) is 0 Å². The Bertz CT molecular complexity index is 259. The van der Waals surface area contributed by atoms with Crippen LogP contribution in [0.2, 0.25) is 0 Å². The number of alkyl carbamates (subject to hydrolysis) is 1. The number of carboxylic acid groups (broad SMARTS) is 2. The van der Waals surface area contributed by atoms with E-state index in [9.17, 15) is 14.4 Å². The molecule has 8 nitrogen and oxygen atoms in total. The van der Waals surface area contributed by atoms with Gasteiger partial charge in [0.05, 0.1) is 6.54 Å². The SMILES string of the molecule is N[C@@H](CCC(=O)O)C(=O)O.O=C1NCCO1. The smallest absolute Gasteiger partial charge is 0.407 e. The fraction of sp³-hybridized carbons (Fsp3) is 0.625. The van der Waals surface area contributed by atoms with Crippen LogP contribution in [0.4, 0.5) is 4.79 Å². The van der Waals surface area contributed by atoms with Crippen molar-refractivity contribution in [3.05, 3.63) is 0 Å². The van der Waals surface area contributed by atoms with Gasteiger partial charge in [0, 0.05) is 6.42 Å². The van der Waals surface area contributed by atoms with Crippen molar-refractivity contribution in [2.45, 2.75) is 18.9 Å². The minimum Gasteiger partial charge on any atom is -0.481 e. The minimum atomic E-state index is -1.17. The van der Waals surface area contributed by atoms with Gasteiger partial charge in [-0.25, -0.2) is 4.79 Å². The molecular weight excluding hydrogens is 220 g/mol. The lowest BCUT2D eigenvalue weighted by Gasteiger charge is -2.01. The Morgan fingerprint density at radius 3 is 2.38 bits per heavy atom. The van der Waals surface area contributed by atoms with Gasteiger partial charge >= 0.3 is 18.0 Å². The molecule has 0 radical (unpaired) electrons. The summed E-state index contributed by atoms with van der Waals surface area (Å²) in [5.41, 5.74) is 5.00. The molecule has 1 fully saturated rings. The van der Waals surface area contributed by atoms with Crippen LogP contribution in [0.5, 0.6) is 0 Å². The van der Waals surface area contributed by atoms with Gasteiger partial charge in [0.2, 0.25) is 0 Å². The minimum absolute atomic E-state index is 0.0231. The quantitative estimate of drug-likeness (QED) is 0.488. The summed E-state index contributed by atoms with van der Waals surface area (Å²) >= 11 is 0. The van der Waals surface area contributed by atoms with Gasteiger partial charge in [-0.2, -0.15) is 0 Å². The van der Waals surface area contributed by atoms with Gasteiger partial charge in [-0.05, 0) is 6.42 Å². The molecule has 5 N–H and O–H groups in total. The molecule has 1 aliphatic heterocycles. The molecule has 1 amide bonds. The molecule has 16 heavy (non-hydrogen) atoms. The molecule has 0 aromatic rings. The highest BCUT2D eigenvalue weighted by Gasteiger charge is 2.12. The Kier molecular flexibility index (Phi) is 6.61. The van der Waals surface area contributed by atoms with Crippen LogP contribution in [0.25, 0.3) is 0 Å². The zero-order valence-electron chi connectivity index (χ0n) is 8.51. The molecule has 0 aromatic heterocycles. The molecule has 8 heteroatoms. The number of carboxylic acids is 2. The van der Waals surface area contributed by atoms with Crippen molar-refractivity contribution in [3.63, 3.8) is 0 Å². The average molecular weight is 234 g/mol. The summed E-state index contributed by atoms with van der Waals surface area (Å²) in [5, 5.41) is 18.7. The molecule has 0 aromatic carbocycles. The fourth-order valence-electron chi connectivity index (χ4n) is 0.750. The van der Waals surface area contributed by atoms with Crippen LogP contribution < -0.4 is 11.1 Å². The summed E-state index contributed by atoms with van der Waals surface area (Å²) in [5.74, 6) is -2.20. The monoisotopic (exact) mass is 234 g/mol. The van der Waals surface area contributed by atoms with E-state index in [1.165, 1.54) is 0 Å². The first kappa shape index (κ1) is 14.2. The normalized spacial score (nSPS) is 15.2. The third-order valence-corrected chi connectivity index (χ3v) is 1.59. The first-order valence-corrected chi connectivity index (χ1v) is 4.54. The molecule has 1 atom stereocenters. The number of nitrogens with two attached hydrogens (primary N) is 1. The molecule has 1 heterocycles. The summed E-state index contributed by atoms with van der Waals surface area (Å²) in [6.45, 7) is 1.19. The molecule has 0 aliphatic carbocycles. The average Bonchev–Trinajstić information content (AvgIpc) is 2.66. The highest BCUT2D eigenvalue weighted by atomic mass is 16.6. The van der Waals surface area contributed by atoms with E-state index in [2.05, 4.69) is 10.1 Å². The third kappa shape index (κ3) is 7.56. The number of carbonyl (C=O) groups is 3. The van der Waals surface area contributed by atoms with Crippen LogP contribution in [-0.4, -0.2) is 47.4 Å². The number of ether oxygens (including phenoxy) is 1. The number of cyclic esters (lactones) is 1. The molecule has 1 rings (SSSR count). The molecule has 0 bridgehead atoms. The Hall–Kier alpha value is -1.83. The number of amides is 1. The highest BCUT2D eigenvalue weighted by molar-refractivity contribution is 5.74. The van der Waals surface area contributed by atoms with E-state index in [0.717, 1.165) is 0 Å². The van der Waals surface area contributed by atoms with E-state index in [1.807, 2.05) is 0 Å². The molecule has 1 saturated heterocycles. The topological polar surface area (TPSA) is 139 Å². The van der Waals surface area contributed by atoms with E-state index in [1.54, 1.807) is 0 Å². The largest absolute Gasteiger partial charge is 0.481 e. The Morgan fingerprint density at radius 1 is 1.50 bits per heavy atom. The summed E-state index contributed by atoms with van der Waals surface area (Å²) in [7, 11) is 0. The van der Waals surface area contributed by atoms with E-state index in [4.69, 9.17) is 15.9 Å². The highest BCUT2D eigenvalue weighted by Crippen LogP contribution is 1.93. The van der Waals surface area contributed by atoms with Gasteiger partial charge in [0.1, 0.15) is 12.6 Å². The van der Waals surface area contributed by atoms with Crippen LogP contribution >= 0.6 is 0 Å². The number of aliphatic carboxylic acids is 2. The second-order valence-electron chi connectivity index (χ2n) is 2.94. The van der Waals surface area contributed by atoms with Crippen molar-refractivity contribution in [1.29, 1.82) is 0 Å². The lowest BCUT2D eigenvalue weighted by atomic mass is 10.2. The Labute approximate surface area is 91.4 Å². The number of nitrogens with one attached hydrogen (secondary N) is 1. The molecular formula is C8H14N2O6. The van der Waals surface area contributed by atoms with Crippen LogP contribution in [0.15, 0.2) is 0 Å². The van der Waals surface area contributed by atoms with Crippen molar-refractivity contribution in [2.75, 3.05) is 13.2 Å². The van der Waals surface area contributed by atoms with Crippen LogP contribution in [-0.2, 0) is 14.3 Å².